The van der Waals surface area contributed by atoms with Crippen molar-refractivity contribution >= 4 is 6.08 Å². The van der Waals surface area contributed by atoms with Crippen LogP contribution in [0.25, 0.3) is 0 Å². The topological polar surface area (TPSA) is 38.7 Å². The highest BCUT2D eigenvalue weighted by molar-refractivity contribution is 5.44. The van der Waals surface area contributed by atoms with E-state index in [4.69, 9.17) is 4.74 Å². The van der Waals surface area contributed by atoms with E-state index in [-0.39, 0.29) is 12.5 Å². The summed E-state index contributed by atoms with van der Waals surface area (Å²) >= 11 is 0. The van der Waals surface area contributed by atoms with Gasteiger partial charge >= 0.3 is 0 Å². The summed E-state index contributed by atoms with van der Waals surface area (Å²) in [7, 11) is 0. The van der Waals surface area contributed by atoms with Gasteiger partial charge in [-0.2, -0.15) is 4.99 Å². The third-order valence-electron chi connectivity index (χ3n) is 3.45. The second kappa shape index (κ2) is 5.17. The summed E-state index contributed by atoms with van der Waals surface area (Å²) in [6.07, 6.45) is 6.15. The van der Waals surface area contributed by atoms with Crippen molar-refractivity contribution in [3.8, 4) is 0 Å². The Balaban J connectivity index is 1.90. The third kappa shape index (κ3) is 3.15. The van der Waals surface area contributed by atoms with E-state index in [1.807, 2.05) is 0 Å². The Morgan fingerprint density at radius 2 is 2.28 bits per heavy atom. The Hall–Kier alpha value is -1.25. The van der Waals surface area contributed by atoms with Gasteiger partial charge < -0.3 is 4.74 Å². The van der Waals surface area contributed by atoms with E-state index in [1.165, 1.54) is 12.2 Å². The highest BCUT2D eigenvalue weighted by Gasteiger charge is 2.36. The Morgan fingerprint density at radius 3 is 2.89 bits per heavy atom. The molecule has 98 valence electrons. The predicted octanol–water partition coefficient (Wildman–Crippen LogP) is 3.08. The molecular formula is C14H18FNO2. The van der Waals surface area contributed by atoms with Crippen LogP contribution in [-0.2, 0) is 9.53 Å². The maximum Gasteiger partial charge on any atom is 0.240 e. The second-order valence-corrected chi connectivity index (χ2v) is 5.74. The van der Waals surface area contributed by atoms with E-state index in [9.17, 15) is 9.18 Å². The second-order valence-electron chi connectivity index (χ2n) is 5.74. The van der Waals surface area contributed by atoms with Crippen molar-refractivity contribution in [1.82, 2.24) is 0 Å². The van der Waals surface area contributed by atoms with E-state index in [2.05, 4.69) is 18.8 Å². The first-order valence-electron chi connectivity index (χ1n) is 6.25. The SMILES string of the molecule is CC1(C)CC(OCC2=CC(F)CC=C2N=C=O)C1. The standard InChI is InChI=1S/C14H18FNO2/c1-14(2)6-12(7-14)18-8-10-5-11(15)3-4-13(10)16-9-17/h4-5,11-12H,3,6-8H2,1-2H3. The minimum absolute atomic E-state index is 0.238. The van der Waals surface area contributed by atoms with Crippen LogP contribution >= 0.6 is 0 Å². The van der Waals surface area contributed by atoms with Crippen molar-refractivity contribution in [2.24, 2.45) is 10.4 Å². The minimum atomic E-state index is -1.01. The van der Waals surface area contributed by atoms with Crippen LogP contribution in [0.5, 0.6) is 0 Å². The molecule has 4 heteroatoms. The van der Waals surface area contributed by atoms with E-state index >= 15 is 0 Å². The van der Waals surface area contributed by atoms with Crippen LogP contribution in [0.15, 0.2) is 28.4 Å². The van der Waals surface area contributed by atoms with E-state index in [0.29, 0.717) is 23.3 Å². The van der Waals surface area contributed by atoms with Gasteiger partial charge in [0.25, 0.3) is 0 Å². The highest BCUT2D eigenvalue weighted by Crippen LogP contribution is 2.42. The largest absolute Gasteiger partial charge is 0.373 e. The molecule has 18 heavy (non-hydrogen) atoms. The van der Waals surface area contributed by atoms with Gasteiger partial charge in [0.2, 0.25) is 6.08 Å². The van der Waals surface area contributed by atoms with Gasteiger partial charge in [-0.25, -0.2) is 9.18 Å². The number of aliphatic imine (C=N–C) groups is 1. The number of rotatable bonds is 4. The summed E-state index contributed by atoms with van der Waals surface area (Å²) in [5, 5.41) is 0. The van der Waals surface area contributed by atoms with E-state index in [0.717, 1.165) is 12.8 Å². The summed E-state index contributed by atoms with van der Waals surface area (Å²) in [4.78, 5) is 13.9. The lowest BCUT2D eigenvalue weighted by Gasteiger charge is -2.42. The molecule has 0 aromatic carbocycles. The monoisotopic (exact) mass is 251 g/mol. The minimum Gasteiger partial charge on any atom is -0.373 e. The highest BCUT2D eigenvalue weighted by atomic mass is 19.1. The zero-order valence-electron chi connectivity index (χ0n) is 10.8. The van der Waals surface area contributed by atoms with Gasteiger partial charge in [0, 0.05) is 12.0 Å². The van der Waals surface area contributed by atoms with Crippen molar-refractivity contribution in [3.63, 3.8) is 0 Å². The van der Waals surface area contributed by atoms with Gasteiger partial charge in [-0.05, 0) is 24.3 Å². The van der Waals surface area contributed by atoms with Crippen molar-refractivity contribution in [2.45, 2.75) is 45.4 Å². The first-order chi connectivity index (χ1) is 8.50. The zero-order valence-corrected chi connectivity index (χ0v) is 10.8. The number of ether oxygens (including phenoxy) is 1. The summed E-state index contributed by atoms with van der Waals surface area (Å²) < 4.78 is 19.0. The molecule has 0 aromatic heterocycles. The third-order valence-corrected chi connectivity index (χ3v) is 3.45. The molecule has 0 aliphatic heterocycles. The summed E-state index contributed by atoms with van der Waals surface area (Å²) in [6.45, 7) is 4.72. The number of isocyanates is 1. The van der Waals surface area contributed by atoms with Crippen LogP contribution in [0, 0.1) is 5.41 Å². The van der Waals surface area contributed by atoms with E-state index < -0.39 is 6.17 Å². The van der Waals surface area contributed by atoms with Gasteiger partial charge in [-0.3, -0.25) is 0 Å². The summed E-state index contributed by atoms with van der Waals surface area (Å²) in [5.74, 6) is 0. The van der Waals surface area contributed by atoms with Gasteiger partial charge in [0.15, 0.2) is 0 Å². The van der Waals surface area contributed by atoms with Crippen LogP contribution in [0.2, 0.25) is 0 Å². The lowest BCUT2D eigenvalue weighted by Crippen LogP contribution is -2.38. The first kappa shape index (κ1) is 13.2. The molecule has 2 aliphatic carbocycles. The normalized spacial score (nSPS) is 26.7. The molecule has 0 N–H and O–H groups in total. The van der Waals surface area contributed by atoms with Crippen LogP contribution < -0.4 is 0 Å². The zero-order chi connectivity index (χ0) is 13.2. The van der Waals surface area contributed by atoms with Crippen LogP contribution in [-0.4, -0.2) is 25.0 Å². The maximum atomic E-state index is 13.3. The van der Waals surface area contributed by atoms with Crippen molar-refractivity contribution in [3.05, 3.63) is 23.4 Å². The number of nitrogens with zero attached hydrogens (tertiary/aromatic N) is 1. The lowest BCUT2D eigenvalue weighted by atomic mass is 9.70. The molecule has 0 aromatic rings. The van der Waals surface area contributed by atoms with Crippen molar-refractivity contribution in [2.75, 3.05) is 6.61 Å². The molecule has 0 saturated heterocycles. The smallest absolute Gasteiger partial charge is 0.240 e. The van der Waals surface area contributed by atoms with Gasteiger partial charge in [0.1, 0.15) is 6.17 Å². The fourth-order valence-electron chi connectivity index (χ4n) is 2.51. The molecule has 0 radical (unpaired) electrons. The fraction of sp³-hybridized carbons (Fsp3) is 0.643. The molecule has 3 nitrogen and oxygen atoms in total. The van der Waals surface area contributed by atoms with Gasteiger partial charge in [-0.15, -0.1) is 0 Å². The number of halogens is 1. The number of carbonyl (C=O) groups excluding carboxylic acids is 1. The Kier molecular flexibility index (Phi) is 3.79. The Labute approximate surface area is 106 Å². The summed E-state index contributed by atoms with van der Waals surface area (Å²) in [5.41, 5.74) is 1.51. The summed E-state index contributed by atoms with van der Waals surface area (Å²) in [6, 6.07) is 0. The number of alkyl halides is 1. The Morgan fingerprint density at radius 1 is 1.56 bits per heavy atom. The number of allylic oxidation sites excluding steroid dienone is 2. The fourth-order valence-corrected chi connectivity index (χ4v) is 2.51. The first-order valence-corrected chi connectivity index (χ1v) is 6.25. The molecule has 0 spiro atoms. The molecule has 1 atom stereocenters. The molecule has 0 amide bonds. The molecule has 1 unspecified atom stereocenters. The quantitative estimate of drug-likeness (QED) is 0.569. The molecule has 2 aliphatic rings. The molecule has 0 heterocycles. The van der Waals surface area contributed by atoms with Crippen LogP contribution in [0.1, 0.15) is 33.1 Å². The average Bonchev–Trinajstić information content (AvgIpc) is 2.27. The Bertz CT molecular complexity index is 425. The average molecular weight is 251 g/mol. The predicted molar refractivity (Wildman–Crippen MR) is 66.6 cm³/mol. The molecule has 2 rings (SSSR count). The van der Waals surface area contributed by atoms with Crippen molar-refractivity contribution < 1.29 is 13.9 Å². The maximum absolute atomic E-state index is 13.3. The van der Waals surface area contributed by atoms with Gasteiger partial charge in [-0.1, -0.05) is 19.9 Å². The molecule has 0 bridgehead atoms. The number of hydrogen-bond donors (Lipinski definition) is 0. The lowest BCUT2D eigenvalue weighted by molar-refractivity contribution is -0.0564. The van der Waals surface area contributed by atoms with Crippen LogP contribution in [0.4, 0.5) is 4.39 Å². The van der Waals surface area contributed by atoms with Crippen molar-refractivity contribution in [1.29, 1.82) is 0 Å². The molecule has 1 saturated carbocycles. The molecular weight excluding hydrogens is 233 g/mol. The molecule has 1 fully saturated rings. The van der Waals surface area contributed by atoms with Gasteiger partial charge in [0.05, 0.1) is 18.4 Å². The number of hydrogen-bond acceptors (Lipinski definition) is 3. The van der Waals surface area contributed by atoms with Crippen LogP contribution in [0.3, 0.4) is 0 Å². The van der Waals surface area contributed by atoms with E-state index in [1.54, 1.807) is 6.08 Å².